The number of furan rings is 1. The molecule has 0 aliphatic carbocycles. The molecule has 2 rings (SSSR count). The Bertz CT molecular complexity index is 543. The lowest BCUT2D eigenvalue weighted by atomic mass is 10.0. The normalized spacial score (nSPS) is 10.4. The van der Waals surface area contributed by atoms with Gasteiger partial charge in [-0.1, -0.05) is 12.1 Å². The summed E-state index contributed by atoms with van der Waals surface area (Å²) in [5, 5.41) is 9.01. The molecular weight excluding hydrogens is 272 g/mol. The molecule has 4 heteroatoms. The minimum atomic E-state index is -0.929. The Labute approximate surface area is 101 Å². The third-order valence-corrected chi connectivity index (χ3v) is 3.05. The smallest absolute Gasteiger partial charge is 0.335 e. The zero-order valence-corrected chi connectivity index (χ0v) is 10.1. The van der Waals surface area contributed by atoms with E-state index in [2.05, 4.69) is 15.9 Å². The quantitative estimate of drug-likeness (QED) is 0.912. The van der Waals surface area contributed by atoms with Crippen molar-refractivity contribution in [3.63, 3.8) is 0 Å². The van der Waals surface area contributed by atoms with Gasteiger partial charge in [-0.15, -0.1) is 0 Å². The molecule has 0 saturated carbocycles. The van der Waals surface area contributed by atoms with Gasteiger partial charge in [0.05, 0.1) is 16.3 Å². The highest BCUT2D eigenvalue weighted by Gasteiger charge is 2.14. The molecule has 0 amide bonds. The number of hydrogen-bond acceptors (Lipinski definition) is 2. The molecule has 0 spiro atoms. The number of halogens is 1. The van der Waals surface area contributed by atoms with Crippen LogP contribution in [0.25, 0.3) is 11.3 Å². The molecule has 0 saturated heterocycles. The van der Waals surface area contributed by atoms with Crippen LogP contribution >= 0.6 is 15.9 Å². The van der Waals surface area contributed by atoms with Gasteiger partial charge < -0.3 is 9.52 Å². The van der Waals surface area contributed by atoms with Crippen molar-refractivity contribution in [2.24, 2.45) is 0 Å². The first-order chi connectivity index (χ1) is 7.61. The number of aromatic carboxylic acids is 1. The fourth-order valence-corrected chi connectivity index (χ4v) is 2.01. The molecule has 82 valence electrons. The van der Waals surface area contributed by atoms with Crippen molar-refractivity contribution in [1.29, 1.82) is 0 Å². The van der Waals surface area contributed by atoms with E-state index in [-0.39, 0.29) is 0 Å². The van der Waals surface area contributed by atoms with Crippen LogP contribution in [0, 0.1) is 6.92 Å². The van der Waals surface area contributed by atoms with E-state index < -0.39 is 5.97 Å². The molecule has 0 fully saturated rings. The van der Waals surface area contributed by atoms with E-state index in [1.54, 1.807) is 31.4 Å². The van der Waals surface area contributed by atoms with Crippen molar-refractivity contribution in [2.75, 3.05) is 0 Å². The van der Waals surface area contributed by atoms with E-state index in [0.717, 1.165) is 10.0 Å². The first-order valence-electron chi connectivity index (χ1n) is 4.67. The predicted octanol–water partition coefficient (Wildman–Crippen LogP) is 3.72. The highest BCUT2D eigenvalue weighted by Crippen LogP contribution is 2.32. The highest BCUT2D eigenvalue weighted by molar-refractivity contribution is 9.10. The molecule has 3 nitrogen and oxygen atoms in total. The molecule has 0 radical (unpaired) electrons. The predicted molar refractivity (Wildman–Crippen MR) is 63.5 cm³/mol. The molecule has 2 aromatic rings. The molecule has 0 aliphatic heterocycles. The topological polar surface area (TPSA) is 50.4 Å². The lowest BCUT2D eigenvalue weighted by molar-refractivity contribution is 0.0696. The van der Waals surface area contributed by atoms with Crippen LogP contribution in [0.15, 0.2) is 39.4 Å². The van der Waals surface area contributed by atoms with Crippen molar-refractivity contribution >= 4 is 21.9 Å². The Hall–Kier alpha value is -1.55. The zero-order valence-electron chi connectivity index (χ0n) is 8.53. The van der Waals surface area contributed by atoms with E-state index >= 15 is 0 Å². The van der Waals surface area contributed by atoms with Gasteiger partial charge in [-0.25, -0.2) is 4.79 Å². The Morgan fingerprint density at radius 2 is 2.12 bits per heavy atom. The summed E-state index contributed by atoms with van der Waals surface area (Å²) in [6, 6.07) is 6.91. The second-order valence-electron chi connectivity index (χ2n) is 3.38. The maximum absolute atomic E-state index is 11.0. The summed E-state index contributed by atoms with van der Waals surface area (Å²) in [5.74, 6) is -0.275. The summed E-state index contributed by atoms with van der Waals surface area (Å²) in [6.45, 7) is 1.77. The van der Waals surface area contributed by atoms with Gasteiger partial charge in [-0.3, -0.25) is 0 Å². The molecule has 0 atom stereocenters. The molecule has 0 bridgehead atoms. The fraction of sp³-hybridized carbons (Fsp3) is 0.0833. The van der Waals surface area contributed by atoms with Gasteiger partial charge in [0, 0.05) is 5.56 Å². The average molecular weight is 281 g/mol. The third kappa shape index (κ3) is 1.76. The van der Waals surface area contributed by atoms with Crippen LogP contribution in [0.5, 0.6) is 0 Å². The summed E-state index contributed by atoms with van der Waals surface area (Å²) < 4.78 is 6.14. The van der Waals surface area contributed by atoms with Gasteiger partial charge in [0.15, 0.2) is 0 Å². The van der Waals surface area contributed by atoms with E-state index in [4.69, 9.17) is 9.52 Å². The molecule has 1 heterocycles. The lowest BCUT2D eigenvalue weighted by Crippen LogP contribution is -2.00. The summed E-state index contributed by atoms with van der Waals surface area (Å²) >= 11 is 3.36. The number of benzene rings is 1. The van der Waals surface area contributed by atoms with Crippen LogP contribution in [-0.2, 0) is 0 Å². The lowest BCUT2D eigenvalue weighted by Gasteiger charge is -2.06. The number of carboxylic acid groups (broad SMARTS) is 1. The second kappa shape index (κ2) is 4.14. The molecule has 1 aromatic heterocycles. The minimum absolute atomic E-state index is 0.292. The van der Waals surface area contributed by atoms with Crippen molar-refractivity contribution in [3.05, 3.63) is 46.1 Å². The minimum Gasteiger partial charge on any atom is -0.478 e. The number of carbonyl (C=O) groups is 1. The van der Waals surface area contributed by atoms with E-state index in [9.17, 15) is 4.79 Å². The van der Waals surface area contributed by atoms with Crippen LogP contribution in [-0.4, -0.2) is 11.1 Å². The van der Waals surface area contributed by atoms with Crippen LogP contribution in [0.3, 0.4) is 0 Å². The summed E-state index contributed by atoms with van der Waals surface area (Å²) in [7, 11) is 0. The Balaban J connectivity index is 2.63. The highest BCUT2D eigenvalue weighted by atomic mass is 79.9. The van der Waals surface area contributed by atoms with Crippen molar-refractivity contribution < 1.29 is 14.3 Å². The van der Waals surface area contributed by atoms with E-state index in [1.165, 1.54) is 0 Å². The first-order valence-corrected chi connectivity index (χ1v) is 5.47. The Kier molecular flexibility index (Phi) is 2.83. The first kappa shape index (κ1) is 11.0. The van der Waals surface area contributed by atoms with Crippen LogP contribution in [0.1, 0.15) is 15.9 Å². The zero-order chi connectivity index (χ0) is 11.7. The van der Waals surface area contributed by atoms with Gasteiger partial charge in [-0.2, -0.15) is 0 Å². The number of carboxylic acids is 1. The average Bonchev–Trinajstić information content (AvgIpc) is 2.64. The third-order valence-electron chi connectivity index (χ3n) is 2.43. The molecule has 0 unspecified atom stereocenters. The summed E-state index contributed by atoms with van der Waals surface area (Å²) in [6.07, 6.45) is 1.56. The monoisotopic (exact) mass is 280 g/mol. The largest absolute Gasteiger partial charge is 0.478 e. The number of hydrogen-bond donors (Lipinski definition) is 1. The van der Waals surface area contributed by atoms with Gasteiger partial charge >= 0.3 is 5.97 Å². The van der Waals surface area contributed by atoms with E-state index in [0.29, 0.717) is 16.9 Å². The molecule has 1 aromatic carbocycles. The van der Waals surface area contributed by atoms with Crippen molar-refractivity contribution in [1.82, 2.24) is 0 Å². The maximum Gasteiger partial charge on any atom is 0.335 e. The SMILES string of the molecule is Cc1c(C(=O)O)cccc1-c1occc1Br. The van der Waals surface area contributed by atoms with Gasteiger partial charge in [-0.05, 0) is 40.5 Å². The molecular formula is C12H9BrO3. The second-order valence-corrected chi connectivity index (χ2v) is 4.24. The van der Waals surface area contributed by atoms with Gasteiger partial charge in [0.1, 0.15) is 5.76 Å². The van der Waals surface area contributed by atoms with E-state index in [1.807, 2.05) is 6.07 Å². The summed E-state index contributed by atoms with van der Waals surface area (Å²) in [4.78, 5) is 11.0. The van der Waals surface area contributed by atoms with Crippen LogP contribution in [0.4, 0.5) is 0 Å². The van der Waals surface area contributed by atoms with Crippen molar-refractivity contribution in [2.45, 2.75) is 6.92 Å². The fourth-order valence-electron chi connectivity index (χ4n) is 1.60. The standard InChI is InChI=1S/C12H9BrO3/c1-7-8(11-10(13)5-6-16-11)3-2-4-9(7)12(14)15/h2-6H,1H3,(H,14,15). The van der Waals surface area contributed by atoms with Crippen molar-refractivity contribution in [3.8, 4) is 11.3 Å². The van der Waals surface area contributed by atoms with Gasteiger partial charge in [0.2, 0.25) is 0 Å². The van der Waals surface area contributed by atoms with Gasteiger partial charge in [0.25, 0.3) is 0 Å². The Morgan fingerprint density at radius 3 is 2.69 bits per heavy atom. The van der Waals surface area contributed by atoms with Crippen LogP contribution in [0.2, 0.25) is 0 Å². The molecule has 1 N–H and O–H groups in total. The maximum atomic E-state index is 11.0. The van der Waals surface area contributed by atoms with Crippen LogP contribution < -0.4 is 0 Å². The summed E-state index contributed by atoms with van der Waals surface area (Å²) in [5.41, 5.74) is 1.78. The Morgan fingerprint density at radius 1 is 1.38 bits per heavy atom. The molecule has 0 aliphatic rings. The molecule has 16 heavy (non-hydrogen) atoms. The number of rotatable bonds is 2.